The molecule has 5 nitrogen and oxygen atoms in total. The molecule has 0 bridgehead atoms. The van der Waals surface area contributed by atoms with Crippen LogP contribution in [-0.2, 0) is 11.2 Å². The fraction of sp³-hybridized carbons (Fsp3) is 0.355. The normalized spacial score (nSPS) is 21.2. The zero-order chi connectivity index (χ0) is 26.9. The van der Waals surface area contributed by atoms with Gasteiger partial charge >= 0.3 is 5.97 Å². The fourth-order valence-electron chi connectivity index (χ4n) is 6.00. The lowest BCUT2D eigenvalue weighted by Gasteiger charge is -2.37. The van der Waals surface area contributed by atoms with E-state index in [0.29, 0.717) is 31.1 Å². The van der Waals surface area contributed by atoms with Gasteiger partial charge in [0.2, 0.25) is 5.91 Å². The predicted molar refractivity (Wildman–Crippen MR) is 141 cm³/mol. The van der Waals surface area contributed by atoms with Gasteiger partial charge < -0.3 is 14.7 Å². The van der Waals surface area contributed by atoms with Crippen LogP contribution in [0.15, 0.2) is 60.7 Å². The van der Waals surface area contributed by atoms with E-state index in [1.807, 2.05) is 25.1 Å². The molecule has 1 saturated carbocycles. The molecule has 1 saturated heterocycles. The van der Waals surface area contributed by atoms with Crippen LogP contribution in [0.4, 0.5) is 14.5 Å². The lowest BCUT2D eigenvalue weighted by molar-refractivity contribution is -0.118. The van der Waals surface area contributed by atoms with Crippen LogP contribution in [0.3, 0.4) is 0 Å². The maximum atomic E-state index is 14.0. The molecule has 0 radical (unpaired) electrons. The van der Waals surface area contributed by atoms with Gasteiger partial charge in [-0.25, -0.2) is 13.6 Å². The second-order valence-corrected chi connectivity index (χ2v) is 10.5. The number of carboxylic acids is 1. The first-order chi connectivity index (χ1) is 18.3. The molecule has 0 unspecified atom stereocenters. The number of benzene rings is 3. The molecule has 0 atom stereocenters. The number of amides is 1. The number of ether oxygens (including phenoxy) is 1. The van der Waals surface area contributed by atoms with Gasteiger partial charge in [-0.15, -0.1) is 0 Å². The lowest BCUT2D eigenvalue weighted by Crippen LogP contribution is -2.32. The van der Waals surface area contributed by atoms with Crippen molar-refractivity contribution in [1.82, 2.24) is 0 Å². The number of anilines is 1. The Kier molecular flexibility index (Phi) is 7.19. The van der Waals surface area contributed by atoms with Gasteiger partial charge in [-0.2, -0.15) is 0 Å². The van der Waals surface area contributed by atoms with Gasteiger partial charge in [0.05, 0.1) is 12.2 Å². The highest BCUT2D eigenvalue weighted by Gasteiger charge is 2.45. The van der Waals surface area contributed by atoms with Crippen LogP contribution in [0.25, 0.3) is 11.1 Å². The van der Waals surface area contributed by atoms with E-state index in [4.69, 9.17) is 9.84 Å². The van der Waals surface area contributed by atoms with Crippen molar-refractivity contribution in [3.8, 4) is 16.9 Å². The molecule has 0 aromatic heterocycles. The van der Waals surface area contributed by atoms with E-state index in [1.165, 1.54) is 18.2 Å². The summed E-state index contributed by atoms with van der Waals surface area (Å²) in [6, 6.07) is 16.3. The van der Waals surface area contributed by atoms with E-state index in [9.17, 15) is 18.4 Å². The summed E-state index contributed by atoms with van der Waals surface area (Å²) in [4.78, 5) is 25.9. The Morgan fingerprint density at radius 2 is 1.76 bits per heavy atom. The number of carbonyl (C=O) groups excluding carboxylic acids is 1. The number of aromatic carboxylic acids is 1. The Morgan fingerprint density at radius 3 is 2.42 bits per heavy atom. The van der Waals surface area contributed by atoms with Crippen molar-refractivity contribution < 1.29 is 28.2 Å². The minimum atomic E-state index is -0.987. The molecule has 1 aliphatic heterocycles. The molecule has 3 aromatic carbocycles. The van der Waals surface area contributed by atoms with Crippen molar-refractivity contribution in [2.45, 2.75) is 45.4 Å². The summed E-state index contributed by atoms with van der Waals surface area (Å²) in [5.41, 5.74) is 3.43. The number of carboxylic acid groups (broad SMARTS) is 1. The van der Waals surface area contributed by atoms with Gasteiger partial charge in [-0.1, -0.05) is 12.1 Å². The van der Waals surface area contributed by atoms with Gasteiger partial charge in [0, 0.05) is 18.7 Å². The molecular weight excluding hydrogens is 488 g/mol. The largest absolute Gasteiger partial charge is 0.494 e. The van der Waals surface area contributed by atoms with Gasteiger partial charge in [0.25, 0.3) is 0 Å². The van der Waals surface area contributed by atoms with Gasteiger partial charge in [0.15, 0.2) is 11.6 Å². The van der Waals surface area contributed by atoms with Crippen LogP contribution in [0.2, 0.25) is 0 Å². The van der Waals surface area contributed by atoms with E-state index in [-0.39, 0.29) is 16.9 Å². The number of halogens is 2. The quantitative estimate of drug-likeness (QED) is 0.369. The van der Waals surface area contributed by atoms with E-state index < -0.39 is 17.6 Å². The first-order valence-electron chi connectivity index (χ1n) is 13.1. The average Bonchev–Trinajstić information content (AvgIpc) is 3.23. The molecule has 1 heterocycles. The zero-order valence-corrected chi connectivity index (χ0v) is 21.4. The minimum Gasteiger partial charge on any atom is -0.494 e. The molecule has 1 aliphatic carbocycles. The Balaban J connectivity index is 1.29. The Labute approximate surface area is 221 Å². The molecular formula is C31H31F2NO4. The molecule has 198 valence electrons. The highest BCUT2D eigenvalue weighted by atomic mass is 19.2. The molecule has 3 aromatic rings. The Hall–Kier alpha value is -3.74. The average molecular weight is 520 g/mol. The highest BCUT2D eigenvalue weighted by Crippen LogP contribution is 2.48. The first-order valence-corrected chi connectivity index (χ1v) is 13.1. The summed E-state index contributed by atoms with van der Waals surface area (Å²) in [5.74, 6) is -1.48. The van der Waals surface area contributed by atoms with Gasteiger partial charge in [-0.05, 0) is 116 Å². The Bertz CT molecular complexity index is 1350. The highest BCUT2D eigenvalue weighted by molar-refractivity contribution is 5.97. The van der Waals surface area contributed by atoms with Crippen LogP contribution in [-0.4, -0.2) is 30.1 Å². The Morgan fingerprint density at radius 1 is 1.03 bits per heavy atom. The first kappa shape index (κ1) is 25.9. The molecule has 2 fully saturated rings. The van der Waals surface area contributed by atoms with Crippen LogP contribution in [0.5, 0.6) is 5.75 Å². The third-order valence-electron chi connectivity index (χ3n) is 8.04. The number of carbonyl (C=O) groups is 2. The second-order valence-electron chi connectivity index (χ2n) is 10.5. The SMILES string of the molecule is CCOc1ccc(-c2ccc(F)c(F)c2)c(CC2CCC3(CC2)CC(=O)N(c2ccc(C(=O)O)cc2)C3)c1. The molecule has 2 aliphatic rings. The van der Waals surface area contributed by atoms with Crippen LogP contribution >= 0.6 is 0 Å². The van der Waals surface area contributed by atoms with Crippen molar-refractivity contribution in [3.63, 3.8) is 0 Å². The van der Waals surface area contributed by atoms with Crippen LogP contribution < -0.4 is 9.64 Å². The molecule has 1 spiro atoms. The van der Waals surface area contributed by atoms with Crippen LogP contribution in [0, 0.1) is 23.0 Å². The summed E-state index contributed by atoms with van der Waals surface area (Å²) in [6.45, 7) is 3.11. The van der Waals surface area contributed by atoms with E-state index in [2.05, 4.69) is 0 Å². The van der Waals surface area contributed by atoms with Crippen molar-refractivity contribution >= 4 is 17.6 Å². The third kappa shape index (κ3) is 5.28. The third-order valence-corrected chi connectivity index (χ3v) is 8.04. The topological polar surface area (TPSA) is 66.8 Å². The number of rotatable bonds is 7. The molecule has 1 N–H and O–H groups in total. The standard InChI is InChI=1S/C31H31F2NO4/c1-2-38-25-8-9-26(22-5-10-27(32)28(33)17-22)23(16-25)15-20-11-13-31(14-12-20)18-29(35)34(19-31)24-6-3-21(4-7-24)30(36)37/h3-10,16-17,20H,2,11-15,18-19H2,1H3,(H,36,37). The summed E-state index contributed by atoms with van der Waals surface area (Å²) < 4.78 is 33.3. The van der Waals surface area contributed by atoms with E-state index in [1.54, 1.807) is 23.1 Å². The van der Waals surface area contributed by atoms with Crippen molar-refractivity contribution in [3.05, 3.63) is 83.4 Å². The minimum absolute atomic E-state index is 0.0743. The number of nitrogens with zero attached hydrogens (tertiary/aromatic N) is 1. The summed E-state index contributed by atoms with van der Waals surface area (Å²) in [7, 11) is 0. The molecule has 5 rings (SSSR count). The van der Waals surface area contributed by atoms with Crippen molar-refractivity contribution in [2.75, 3.05) is 18.1 Å². The lowest BCUT2D eigenvalue weighted by atomic mass is 9.68. The monoisotopic (exact) mass is 519 g/mol. The summed E-state index contributed by atoms with van der Waals surface area (Å²) in [5, 5.41) is 9.15. The maximum Gasteiger partial charge on any atom is 0.335 e. The number of hydrogen-bond acceptors (Lipinski definition) is 3. The number of hydrogen-bond donors (Lipinski definition) is 1. The summed E-state index contributed by atoms with van der Waals surface area (Å²) >= 11 is 0. The predicted octanol–water partition coefficient (Wildman–Crippen LogP) is 6.88. The molecule has 1 amide bonds. The van der Waals surface area contributed by atoms with E-state index in [0.717, 1.165) is 60.7 Å². The van der Waals surface area contributed by atoms with Crippen molar-refractivity contribution in [1.29, 1.82) is 0 Å². The van der Waals surface area contributed by atoms with Crippen LogP contribution in [0.1, 0.15) is 54.9 Å². The molecule has 7 heteroatoms. The second kappa shape index (κ2) is 10.6. The zero-order valence-electron chi connectivity index (χ0n) is 21.4. The molecule has 38 heavy (non-hydrogen) atoms. The fourth-order valence-corrected chi connectivity index (χ4v) is 6.00. The van der Waals surface area contributed by atoms with Gasteiger partial charge in [-0.3, -0.25) is 4.79 Å². The summed E-state index contributed by atoms with van der Waals surface area (Å²) in [6.07, 6.45) is 5.09. The van der Waals surface area contributed by atoms with Crippen molar-refractivity contribution in [2.24, 2.45) is 11.3 Å². The maximum absolute atomic E-state index is 14.0. The van der Waals surface area contributed by atoms with E-state index >= 15 is 0 Å². The van der Waals surface area contributed by atoms with Gasteiger partial charge in [0.1, 0.15) is 5.75 Å². The smallest absolute Gasteiger partial charge is 0.335 e.